The Morgan fingerprint density at radius 1 is 1.25 bits per heavy atom. The van der Waals surface area contributed by atoms with Gasteiger partial charge in [-0.05, 0) is 25.7 Å². The molecule has 0 saturated heterocycles. The molecule has 1 heterocycles. The lowest BCUT2D eigenvalue weighted by Gasteiger charge is -2.10. The summed E-state index contributed by atoms with van der Waals surface area (Å²) in [6.07, 6.45) is 8.97. The second-order valence-corrected chi connectivity index (χ2v) is 5.37. The topological polar surface area (TPSA) is 38.9 Å². The van der Waals surface area contributed by atoms with E-state index >= 15 is 0 Å². The van der Waals surface area contributed by atoms with E-state index in [2.05, 4.69) is 10.2 Å². The predicted octanol–water partition coefficient (Wildman–Crippen LogP) is 3.88. The molecule has 4 heteroatoms. The fourth-order valence-corrected chi connectivity index (χ4v) is 2.41. The molecule has 1 aromatic heterocycles. The van der Waals surface area contributed by atoms with Crippen LogP contribution in [0.5, 0.6) is 0 Å². The zero-order valence-electron chi connectivity index (χ0n) is 9.79. The van der Waals surface area contributed by atoms with Gasteiger partial charge in [0.2, 0.25) is 11.8 Å². The SMILES string of the molecule is CC(Cl)c1nnc(CC2CCCCCC2)o1. The Bertz CT molecular complexity index is 317. The highest BCUT2D eigenvalue weighted by atomic mass is 35.5. The number of aromatic nitrogens is 2. The summed E-state index contributed by atoms with van der Waals surface area (Å²) in [6.45, 7) is 1.85. The van der Waals surface area contributed by atoms with Crippen molar-refractivity contribution < 1.29 is 4.42 Å². The van der Waals surface area contributed by atoms with Crippen LogP contribution in [0, 0.1) is 5.92 Å². The fourth-order valence-electron chi connectivity index (χ4n) is 2.32. The van der Waals surface area contributed by atoms with Crippen molar-refractivity contribution >= 4 is 11.6 Å². The quantitative estimate of drug-likeness (QED) is 0.596. The van der Waals surface area contributed by atoms with Crippen LogP contribution in [-0.2, 0) is 6.42 Å². The third-order valence-electron chi connectivity index (χ3n) is 3.26. The van der Waals surface area contributed by atoms with Gasteiger partial charge in [-0.1, -0.05) is 25.7 Å². The highest BCUT2D eigenvalue weighted by Gasteiger charge is 2.17. The van der Waals surface area contributed by atoms with Crippen LogP contribution in [0.15, 0.2) is 4.42 Å². The first kappa shape index (κ1) is 11.9. The van der Waals surface area contributed by atoms with E-state index in [0.29, 0.717) is 5.89 Å². The van der Waals surface area contributed by atoms with Crippen molar-refractivity contribution in [3.8, 4) is 0 Å². The minimum absolute atomic E-state index is 0.185. The van der Waals surface area contributed by atoms with E-state index in [4.69, 9.17) is 16.0 Å². The van der Waals surface area contributed by atoms with Gasteiger partial charge in [-0.3, -0.25) is 0 Å². The van der Waals surface area contributed by atoms with Gasteiger partial charge in [0.1, 0.15) is 5.38 Å². The molecule has 16 heavy (non-hydrogen) atoms. The van der Waals surface area contributed by atoms with Crippen molar-refractivity contribution in [3.05, 3.63) is 11.8 Å². The van der Waals surface area contributed by atoms with Gasteiger partial charge in [0.25, 0.3) is 0 Å². The van der Waals surface area contributed by atoms with Crippen LogP contribution in [0.4, 0.5) is 0 Å². The Morgan fingerprint density at radius 2 is 1.94 bits per heavy atom. The summed E-state index contributed by atoms with van der Waals surface area (Å²) in [5.41, 5.74) is 0. The van der Waals surface area contributed by atoms with Crippen molar-refractivity contribution in [3.63, 3.8) is 0 Å². The Kier molecular flexibility index (Phi) is 4.22. The lowest BCUT2D eigenvalue weighted by Crippen LogP contribution is -2.03. The van der Waals surface area contributed by atoms with Gasteiger partial charge in [-0.25, -0.2) is 0 Å². The third-order valence-corrected chi connectivity index (χ3v) is 3.45. The number of rotatable bonds is 3. The van der Waals surface area contributed by atoms with Gasteiger partial charge >= 0.3 is 0 Å². The lowest BCUT2D eigenvalue weighted by atomic mass is 9.97. The normalized spacial score (nSPS) is 20.6. The van der Waals surface area contributed by atoms with Crippen molar-refractivity contribution in [2.45, 2.75) is 57.2 Å². The standard InChI is InChI=1S/C12H19ClN2O/c1-9(13)12-15-14-11(16-12)8-10-6-4-2-3-5-7-10/h9-10H,2-8H2,1H3. The zero-order chi connectivity index (χ0) is 11.4. The molecule has 1 atom stereocenters. The summed E-state index contributed by atoms with van der Waals surface area (Å²) >= 11 is 5.89. The summed E-state index contributed by atoms with van der Waals surface area (Å²) in [7, 11) is 0. The van der Waals surface area contributed by atoms with Gasteiger partial charge in [0.15, 0.2) is 0 Å². The van der Waals surface area contributed by atoms with E-state index in [1.165, 1.54) is 38.5 Å². The summed E-state index contributed by atoms with van der Waals surface area (Å²) in [6, 6.07) is 0. The molecule has 90 valence electrons. The molecule has 1 aliphatic carbocycles. The number of nitrogens with zero attached hydrogens (tertiary/aromatic N) is 2. The molecule has 0 aliphatic heterocycles. The molecule has 0 radical (unpaired) electrons. The van der Waals surface area contributed by atoms with E-state index < -0.39 is 0 Å². The van der Waals surface area contributed by atoms with Crippen molar-refractivity contribution in [1.82, 2.24) is 10.2 Å². The monoisotopic (exact) mass is 242 g/mol. The van der Waals surface area contributed by atoms with Crippen molar-refractivity contribution in [2.75, 3.05) is 0 Å². The summed E-state index contributed by atoms with van der Waals surface area (Å²) in [5, 5.41) is 7.83. The third kappa shape index (κ3) is 3.21. The second-order valence-electron chi connectivity index (χ2n) is 4.71. The largest absolute Gasteiger partial charge is 0.424 e. The molecule has 0 aromatic carbocycles. The Hall–Kier alpha value is -0.570. The molecular weight excluding hydrogens is 224 g/mol. The van der Waals surface area contributed by atoms with Gasteiger partial charge < -0.3 is 4.42 Å². The van der Waals surface area contributed by atoms with Crippen LogP contribution in [-0.4, -0.2) is 10.2 Å². The van der Waals surface area contributed by atoms with Crippen LogP contribution < -0.4 is 0 Å². The maximum absolute atomic E-state index is 5.89. The first-order valence-electron chi connectivity index (χ1n) is 6.22. The second kappa shape index (κ2) is 5.67. The van der Waals surface area contributed by atoms with Gasteiger partial charge in [-0.15, -0.1) is 21.8 Å². The molecule has 0 bridgehead atoms. The average molecular weight is 243 g/mol. The minimum atomic E-state index is -0.185. The molecule has 1 unspecified atom stereocenters. The molecule has 2 rings (SSSR count). The van der Waals surface area contributed by atoms with Crippen LogP contribution in [0.2, 0.25) is 0 Å². The van der Waals surface area contributed by atoms with Crippen LogP contribution in [0.3, 0.4) is 0 Å². The maximum atomic E-state index is 5.89. The number of hydrogen-bond donors (Lipinski definition) is 0. The maximum Gasteiger partial charge on any atom is 0.234 e. The fraction of sp³-hybridized carbons (Fsp3) is 0.833. The van der Waals surface area contributed by atoms with Gasteiger partial charge in [0, 0.05) is 6.42 Å². The lowest BCUT2D eigenvalue weighted by molar-refractivity contribution is 0.380. The van der Waals surface area contributed by atoms with E-state index in [-0.39, 0.29) is 5.38 Å². The Morgan fingerprint density at radius 3 is 2.50 bits per heavy atom. The highest BCUT2D eigenvalue weighted by Crippen LogP contribution is 2.26. The summed E-state index contributed by atoms with van der Waals surface area (Å²) < 4.78 is 5.53. The number of halogens is 1. The summed E-state index contributed by atoms with van der Waals surface area (Å²) in [4.78, 5) is 0. The van der Waals surface area contributed by atoms with Crippen LogP contribution in [0.1, 0.15) is 62.6 Å². The minimum Gasteiger partial charge on any atom is -0.424 e. The molecule has 1 aromatic rings. The smallest absolute Gasteiger partial charge is 0.234 e. The molecule has 1 saturated carbocycles. The van der Waals surface area contributed by atoms with Gasteiger partial charge in [0.05, 0.1) is 0 Å². The number of hydrogen-bond acceptors (Lipinski definition) is 3. The Labute approximate surface area is 102 Å². The predicted molar refractivity (Wildman–Crippen MR) is 63.5 cm³/mol. The zero-order valence-corrected chi connectivity index (χ0v) is 10.5. The number of alkyl halides is 1. The highest BCUT2D eigenvalue weighted by molar-refractivity contribution is 6.20. The molecule has 1 fully saturated rings. The van der Waals surface area contributed by atoms with E-state index in [1.807, 2.05) is 6.92 Å². The molecule has 3 nitrogen and oxygen atoms in total. The summed E-state index contributed by atoms with van der Waals surface area (Å²) in [5.74, 6) is 2.03. The first-order chi connectivity index (χ1) is 7.75. The average Bonchev–Trinajstić information content (AvgIpc) is 2.56. The molecule has 1 aliphatic rings. The van der Waals surface area contributed by atoms with Crippen LogP contribution >= 0.6 is 11.6 Å². The van der Waals surface area contributed by atoms with Gasteiger partial charge in [-0.2, -0.15) is 0 Å². The molecule has 0 amide bonds. The molecular formula is C12H19ClN2O. The van der Waals surface area contributed by atoms with Crippen molar-refractivity contribution in [2.24, 2.45) is 5.92 Å². The van der Waals surface area contributed by atoms with Crippen molar-refractivity contribution in [1.29, 1.82) is 0 Å². The van der Waals surface area contributed by atoms with E-state index in [1.54, 1.807) is 0 Å². The van der Waals surface area contributed by atoms with Crippen LogP contribution in [0.25, 0.3) is 0 Å². The Balaban J connectivity index is 1.91. The van der Waals surface area contributed by atoms with E-state index in [0.717, 1.165) is 18.2 Å². The molecule has 0 N–H and O–H groups in total. The first-order valence-corrected chi connectivity index (χ1v) is 6.65. The molecule has 0 spiro atoms. The van der Waals surface area contributed by atoms with E-state index in [9.17, 15) is 0 Å².